The molecule has 0 aromatic heterocycles. The molecule has 2 aromatic carbocycles. The Kier molecular flexibility index (Phi) is 3.18. The van der Waals surface area contributed by atoms with Crippen LogP contribution in [0.2, 0.25) is 0 Å². The largest absolute Gasteiger partial charge is 0.0840 e. The number of hydrogen-bond acceptors (Lipinski definition) is 0. The molecule has 0 fully saturated rings. The van der Waals surface area contributed by atoms with Gasteiger partial charge in [0.15, 0.2) is 0 Å². The summed E-state index contributed by atoms with van der Waals surface area (Å²) in [5.74, 6) is 0. The zero-order valence-corrected chi connectivity index (χ0v) is 9.11. The highest BCUT2D eigenvalue weighted by molar-refractivity contribution is 5.84. The molecule has 76 valence electrons. The van der Waals surface area contributed by atoms with Crippen LogP contribution in [0, 0.1) is 0 Å². The Morgan fingerprint density at radius 1 is 1.00 bits per heavy atom. The molecule has 2 rings (SSSR count). The van der Waals surface area contributed by atoms with E-state index in [1.807, 2.05) is 0 Å². The van der Waals surface area contributed by atoms with Gasteiger partial charge in [-0.1, -0.05) is 61.9 Å². The molecular formula is C15H16. The molecule has 0 atom stereocenters. The van der Waals surface area contributed by atoms with Crippen molar-refractivity contribution in [1.82, 2.24) is 0 Å². The van der Waals surface area contributed by atoms with Gasteiger partial charge in [0.05, 0.1) is 0 Å². The van der Waals surface area contributed by atoms with Crippen LogP contribution in [0.5, 0.6) is 0 Å². The molecule has 2 aromatic rings. The van der Waals surface area contributed by atoms with Gasteiger partial charge in [0.25, 0.3) is 0 Å². The van der Waals surface area contributed by atoms with E-state index in [1.165, 1.54) is 22.8 Å². The molecule has 15 heavy (non-hydrogen) atoms. The summed E-state index contributed by atoms with van der Waals surface area (Å²) in [7, 11) is 0. The summed E-state index contributed by atoms with van der Waals surface area (Å²) in [6.07, 6.45) is 6.82. The lowest BCUT2D eigenvalue weighted by Crippen LogP contribution is -1.74. The van der Waals surface area contributed by atoms with Crippen molar-refractivity contribution >= 4 is 16.8 Å². The van der Waals surface area contributed by atoms with Crippen molar-refractivity contribution in [2.45, 2.75) is 19.8 Å². The van der Waals surface area contributed by atoms with Crippen molar-refractivity contribution in [1.29, 1.82) is 0 Å². The molecule has 0 saturated heterocycles. The average Bonchev–Trinajstić information content (AvgIpc) is 2.29. The van der Waals surface area contributed by atoms with Crippen LogP contribution < -0.4 is 0 Å². The van der Waals surface area contributed by atoms with Gasteiger partial charge in [0, 0.05) is 0 Å². The quantitative estimate of drug-likeness (QED) is 0.670. The number of benzene rings is 2. The summed E-state index contributed by atoms with van der Waals surface area (Å²) >= 11 is 0. The lowest BCUT2D eigenvalue weighted by Gasteiger charge is -1.98. The fraction of sp³-hybridized carbons (Fsp3) is 0.200. The second-order valence-electron chi connectivity index (χ2n) is 3.80. The standard InChI is InChI=1S/C15H16/c1-2-3-4-7-13-10-11-14-8-5-6-9-15(14)12-13/h4-12H,2-3H2,1H3/b7-4+. The fourth-order valence-electron chi connectivity index (χ4n) is 1.70. The predicted molar refractivity (Wildman–Crippen MR) is 67.9 cm³/mol. The van der Waals surface area contributed by atoms with Crippen molar-refractivity contribution in [2.75, 3.05) is 0 Å². The molecule has 0 amide bonds. The van der Waals surface area contributed by atoms with Gasteiger partial charge in [0.1, 0.15) is 0 Å². The van der Waals surface area contributed by atoms with Crippen LogP contribution in [0.25, 0.3) is 16.8 Å². The van der Waals surface area contributed by atoms with Gasteiger partial charge in [-0.05, 0) is 28.8 Å². The van der Waals surface area contributed by atoms with E-state index in [4.69, 9.17) is 0 Å². The minimum Gasteiger partial charge on any atom is -0.0840 e. The average molecular weight is 196 g/mol. The summed E-state index contributed by atoms with van der Waals surface area (Å²) < 4.78 is 0. The van der Waals surface area contributed by atoms with E-state index in [0.29, 0.717) is 0 Å². The number of allylic oxidation sites excluding steroid dienone is 1. The molecule has 0 bridgehead atoms. The van der Waals surface area contributed by atoms with E-state index in [1.54, 1.807) is 0 Å². The Morgan fingerprint density at radius 2 is 1.80 bits per heavy atom. The molecule has 0 spiro atoms. The monoisotopic (exact) mass is 196 g/mol. The van der Waals surface area contributed by atoms with E-state index < -0.39 is 0 Å². The second-order valence-corrected chi connectivity index (χ2v) is 3.80. The molecule has 0 heterocycles. The molecule has 0 aliphatic rings. The minimum absolute atomic E-state index is 1.16. The van der Waals surface area contributed by atoms with Gasteiger partial charge in [-0.15, -0.1) is 0 Å². The molecule has 0 unspecified atom stereocenters. The Balaban J connectivity index is 2.30. The maximum Gasteiger partial charge on any atom is -0.0178 e. The van der Waals surface area contributed by atoms with Gasteiger partial charge < -0.3 is 0 Å². The zero-order chi connectivity index (χ0) is 10.5. The minimum atomic E-state index is 1.16. The Labute approximate surface area is 91.2 Å². The van der Waals surface area contributed by atoms with Crippen LogP contribution in [0.3, 0.4) is 0 Å². The molecule has 0 radical (unpaired) electrons. The topological polar surface area (TPSA) is 0 Å². The Hall–Kier alpha value is -1.56. The van der Waals surface area contributed by atoms with Gasteiger partial charge >= 0.3 is 0 Å². The third kappa shape index (κ3) is 2.47. The van der Waals surface area contributed by atoms with Crippen molar-refractivity contribution < 1.29 is 0 Å². The predicted octanol–water partition coefficient (Wildman–Crippen LogP) is 4.65. The van der Waals surface area contributed by atoms with Crippen LogP contribution in [0.15, 0.2) is 48.5 Å². The molecule has 0 aliphatic heterocycles. The summed E-state index contributed by atoms with van der Waals surface area (Å²) in [6.45, 7) is 2.20. The fourth-order valence-corrected chi connectivity index (χ4v) is 1.70. The van der Waals surface area contributed by atoms with Crippen molar-refractivity contribution in [3.05, 3.63) is 54.1 Å². The SMILES string of the molecule is CCC/C=C/c1ccc2ccccc2c1. The Morgan fingerprint density at radius 3 is 2.60 bits per heavy atom. The molecular weight excluding hydrogens is 180 g/mol. The first-order valence-corrected chi connectivity index (χ1v) is 5.55. The number of fused-ring (bicyclic) bond motifs is 1. The van der Waals surface area contributed by atoms with Gasteiger partial charge in [-0.25, -0.2) is 0 Å². The molecule has 0 N–H and O–H groups in total. The second kappa shape index (κ2) is 4.79. The van der Waals surface area contributed by atoms with Gasteiger partial charge in [0.2, 0.25) is 0 Å². The van der Waals surface area contributed by atoms with Crippen LogP contribution in [-0.2, 0) is 0 Å². The van der Waals surface area contributed by atoms with E-state index in [0.717, 1.165) is 6.42 Å². The first kappa shape index (κ1) is 9.97. The Bertz CT molecular complexity index is 466. The normalized spacial score (nSPS) is 11.3. The first-order chi connectivity index (χ1) is 7.40. The molecule has 0 nitrogen and oxygen atoms in total. The lowest BCUT2D eigenvalue weighted by atomic mass is 10.1. The van der Waals surface area contributed by atoms with E-state index in [2.05, 4.69) is 61.5 Å². The van der Waals surface area contributed by atoms with E-state index >= 15 is 0 Å². The van der Waals surface area contributed by atoms with Crippen molar-refractivity contribution in [3.63, 3.8) is 0 Å². The highest BCUT2D eigenvalue weighted by atomic mass is 14.0. The molecule has 0 aliphatic carbocycles. The maximum atomic E-state index is 2.24. The van der Waals surface area contributed by atoms with Crippen LogP contribution in [0.4, 0.5) is 0 Å². The van der Waals surface area contributed by atoms with Gasteiger partial charge in [-0.2, -0.15) is 0 Å². The summed E-state index contributed by atoms with van der Waals surface area (Å²) in [4.78, 5) is 0. The summed E-state index contributed by atoms with van der Waals surface area (Å²) in [5, 5.41) is 2.63. The number of unbranched alkanes of at least 4 members (excludes halogenated alkanes) is 1. The summed E-state index contributed by atoms with van der Waals surface area (Å²) in [5.41, 5.74) is 1.29. The third-order valence-electron chi connectivity index (χ3n) is 2.54. The zero-order valence-electron chi connectivity index (χ0n) is 9.11. The molecule has 0 saturated carbocycles. The maximum absolute atomic E-state index is 2.24. The highest BCUT2D eigenvalue weighted by Gasteiger charge is 1.92. The smallest absolute Gasteiger partial charge is 0.0178 e. The van der Waals surface area contributed by atoms with Crippen LogP contribution in [0.1, 0.15) is 25.3 Å². The first-order valence-electron chi connectivity index (χ1n) is 5.55. The van der Waals surface area contributed by atoms with Crippen molar-refractivity contribution in [2.24, 2.45) is 0 Å². The van der Waals surface area contributed by atoms with Crippen molar-refractivity contribution in [3.8, 4) is 0 Å². The highest BCUT2D eigenvalue weighted by Crippen LogP contribution is 2.16. The molecule has 0 heteroatoms. The van der Waals surface area contributed by atoms with E-state index in [-0.39, 0.29) is 0 Å². The lowest BCUT2D eigenvalue weighted by molar-refractivity contribution is 0.962. The van der Waals surface area contributed by atoms with E-state index in [9.17, 15) is 0 Å². The third-order valence-corrected chi connectivity index (χ3v) is 2.54. The van der Waals surface area contributed by atoms with Crippen LogP contribution >= 0.6 is 0 Å². The number of hydrogen-bond donors (Lipinski definition) is 0. The number of rotatable bonds is 3. The summed E-state index contributed by atoms with van der Waals surface area (Å²) in [6, 6.07) is 15.1. The van der Waals surface area contributed by atoms with Gasteiger partial charge in [-0.3, -0.25) is 0 Å². The van der Waals surface area contributed by atoms with Crippen LogP contribution in [-0.4, -0.2) is 0 Å².